The molecular formula is C48H40NO2P. The minimum absolute atomic E-state index is 0.230. The highest BCUT2D eigenvalue weighted by molar-refractivity contribution is 7.85. The van der Waals surface area contributed by atoms with E-state index in [0.29, 0.717) is 0 Å². The summed E-state index contributed by atoms with van der Waals surface area (Å²) >= 11 is 0. The largest absolute Gasteiger partial charge is 0.453 e. The minimum atomic E-state index is -3.04. The Morgan fingerprint density at radius 3 is 1.44 bits per heavy atom. The fourth-order valence-electron chi connectivity index (χ4n) is 8.38. The van der Waals surface area contributed by atoms with Crippen molar-refractivity contribution in [1.82, 2.24) is 0 Å². The Morgan fingerprint density at radius 1 is 0.442 bits per heavy atom. The lowest BCUT2D eigenvalue weighted by Gasteiger charge is -2.45. The molecule has 9 rings (SSSR count). The van der Waals surface area contributed by atoms with Crippen LogP contribution in [-0.2, 0) is 15.4 Å². The number of rotatable bonds is 5. The Labute approximate surface area is 306 Å². The number of hydrogen-bond acceptors (Lipinski definition) is 3. The number of fused-ring (bicyclic) bond motifs is 4. The van der Waals surface area contributed by atoms with Gasteiger partial charge in [0, 0.05) is 32.4 Å². The summed E-state index contributed by atoms with van der Waals surface area (Å²) < 4.78 is 21.3. The van der Waals surface area contributed by atoms with Gasteiger partial charge in [0.05, 0.1) is 11.4 Å². The summed E-state index contributed by atoms with van der Waals surface area (Å²) in [5.41, 5.74) is 10.3. The first-order valence-electron chi connectivity index (χ1n) is 18.0. The first kappa shape index (κ1) is 32.3. The molecule has 0 fully saturated rings. The van der Waals surface area contributed by atoms with Crippen LogP contribution in [0.4, 0.5) is 17.1 Å². The Balaban J connectivity index is 1.10. The van der Waals surface area contributed by atoms with Crippen LogP contribution in [0.15, 0.2) is 170 Å². The molecule has 0 aromatic heterocycles. The molecule has 254 valence electrons. The summed E-state index contributed by atoms with van der Waals surface area (Å²) in [7, 11) is -3.04. The number of para-hydroxylation sites is 4. The summed E-state index contributed by atoms with van der Waals surface area (Å²) in [6.07, 6.45) is 0. The third-order valence-electron chi connectivity index (χ3n) is 11.2. The lowest BCUT2D eigenvalue weighted by atomic mass is 9.59. The third-order valence-corrected chi connectivity index (χ3v) is 14.3. The van der Waals surface area contributed by atoms with Crippen molar-refractivity contribution in [3.8, 4) is 22.6 Å². The van der Waals surface area contributed by atoms with E-state index >= 15 is 0 Å². The first-order chi connectivity index (χ1) is 25.2. The molecule has 2 aliphatic rings. The van der Waals surface area contributed by atoms with Gasteiger partial charge in [0.25, 0.3) is 0 Å². The van der Waals surface area contributed by atoms with Crippen LogP contribution in [0.5, 0.6) is 11.5 Å². The highest BCUT2D eigenvalue weighted by atomic mass is 31.2. The van der Waals surface area contributed by atoms with Crippen LogP contribution in [0.2, 0.25) is 0 Å². The van der Waals surface area contributed by atoms with E-state index in [1.54, 1.807) is 0 Å². The third kappa shape index (κ3) is 4.91. The van der Waals surface area contributed by atoms with Crippen LogP contribution in [-0.4, -0.2) is 0 Å². The molecule has 52 heavy (non-hydrogen) atoms. The molecule has 7 aromatic rings. The average Bonchev–Trinajstić information content (AvgIpc) is 3.19. The van der Waals surface area contributed by atoms with Crippen molar-refractivity contribution < 1.29 is 9.30 Å². The maximum absolute atomic E-state index is 15.0. The van der Waals surface area contributed by atoms with Crippen LogP contribution >= 0.6 is 7.14 Å². The normalized spacial score (nSPS) is 15.0. The van der Waals surface area contributed by atoms with Gasteiger partial charge >= 0.3 is 0 Å². The highest BCUT2D eigenvalue weighted by Crippen LogP contribution is 2.54. The Kier molecular flexibility index (Phi) is 7.43. The van der Waals surface area contributed by atoms with E-state index in [9.17, 15) is 4.57 Å². The molecule has 0 N–H and O–H groups in total. The number of nitrogens with zero attached hydrogens (tertiary/aromatic N) is 1. The SMILES string of the molecule is CC1(C)c2ccc(N3c4ccccc4Oc4ccccc43)cc2C(C)(C)c2ccc(-c3ccc(P(=O)(c4ccccc4)c4ccccc4)cc3)cc21. The Morgan fingerprint density at radius 2 is 0.885 bits per heavy atom. The van der Waals surface area contributed by atoms with Crippen LogP contribution in [0.1, 0.15) is 49.9 Å². The molecule has 0 radical (unpaired) electrons. The molecule has 0 unspecified atom stereocenters. The van der Waals surface area contributed by atoms with Crippen molar-refractivity contribution >= 4 is 40.1 Å². The van der Waals surface area contributed by atoms with Gasteiger partial charge in [0.2, 0.25) is 0 Å². The summed E-state index contributed by atoms with van der Waals surface area (Å²) in [5.74, 6) is 1.71. The predicted molar refractivity (Wildman–Crippen MR) is 217 cm³/mol. The van der Waals surface area contributed by atoms with Crippen LogP contribution < -0.4 is 25.6 Å². The van der Waals surface area contributed by atoms with Gasteiger partial charge < -0.3 is 14.2 Å². The lowest BCUT2D eigenvalue weighted by Crippen LogP contribution is -2.36. The van der Waals surface area contributed by atoms with Crippen molar-refractivity contribution in [3.63, 3.8) is 0 Å². The van der Waals surface area contributed by atoms with Crippen LogP contribution in [0.3, 0.4) is 0 Å². The predicted octanol–water partition coefficient (Wildman–Crippen LogP) is 11.5. The second kappa shape index (κ2) is 12.0. The number of hydrogen-bond donors (Lipinski definition) is 0. The summed E-state index contributed by atoms with van der Waals surface area (Å²) in [6, 6.07) is 58.6. The highest BCUT2D eigenvalue weighted by Gasteiger charge is 2.42. The van der Waals surface area contributed by atoms with E-state index < -0.39 is 7.14 Å². The Hall–Kier alpha value is -5.63. The van der Waals surface area contributed by atoms with Crippen molar-refractivity contribution in [2.75, 3.05) is 4.90 Å². The van der Waals surface area contributed by atoms with Gasteiger partial charge in [0.1, 0.15) is 0 Å². The minimum Gasteiger partial charge on any atom is -0.453 e. The van der Waals surface area contributed by atoms with E-state index in [0.717, 1.165) is 55.6 Å². The molecule has 1 heterocycles. The summed E-state index contributed by atoms with van der Waals surface area (Å²) in [4.78, 5) is 2.33. The molecule has 7 aromatic carbocycles. The second-order valence-electron chi connectivity index (χ2n) is 14.9. The number of benzene rings is 7. The average molecular weight is 694 g/mol. The zero-order chi connectivity index (χ0) is 35.7. The molecule has 0 spiro atoms. The quantitative estimate of drug-likeness (QED) is 0.168. The van der Waals surface area contributed by atoms with E-state index in [4.69, 9.17) is 4.74 Å². The van der Waals surface area contributed by atoms with Gasteiger partial charge in [-0.1, -0.05) is 155 Å². The van der Waals surface area contributed by atoms with Crippen molar-refractivity contribution in [1.29, 1.82) is 0 Å². The molecule has 1 aliphatic heterocycles. The fourth-order valence-corrected chi connectivity index (χ4v) is 11.0. The second-order valence-corrected chi connectivity index (χ2v) is 17.7. The van der Waals surface area contributed by atoms with Gasteiger partial charge in [-0.25, -0.2) is 0 Å². The van der Waals surface area contributed by atoms with Crippen LogP contribution in [0.25, 0.3) is 11.1 Å². The van der Waals surface area contributed by atoms with E-state index in [1.165, 1.54) is 22.3 Å². The molecule has 0 amide bonds. The molecule has 0 saturated heterocycles. The maximum Gasteiger partial charge on any atom is 0.171 e. The topological polar surface area (TPSA) is 29.5 Å². The van der Waals surface area contributed by atoms with E-state index in [2.05, 4.69) is 118 Å². The van der Waals surface area contributed by atoms with Crippen molar-refractivity contribution in [3.05, 3.63) is 192 Å². The smallest absolute Gasteiger partial charge is 0.171 e. The van der Waals surface area contributed by atoms with Gasteiger partial charge in [-0.2, -0.15) is 0 Å². The fraction of sp³-hybridized carbons (Fsp3) is 0.125. The zero-order valence-electron chi connectivity index (χ0n) is 29.9. The van der Waals surface area contributed by atoms with Crippen molar-refractivity contribution in [2.45, 2.75) is 38.5 Å². The number of ether oxygens (including phenoxy) is 1. The molecule has 0 bridgehead atoms. The van der Waals surface area contributed by atoms with Gasteiger partial charge in [0.15, 0.2) is 18.6 Å². The Bertz CT molecular complexity index is 2430. The standard InChI is InChI=1S/C48H40NO2P/c1-47(2)40-30-26-35(49-43-19-11-13-21-45(43)51-46-22-14-12-20-44(46)49)32-42(40)48(3,4)39-29-25-34(31-41(39)47)33-23-27-38(28-24-33)52(50,36-15-7-5-8-16-36)37-17-9-6-10-18-37/h5-32H,1-4H3. The lowest BCUT2D eigenvalue weighted by molar-refractivity contribution is 0.477. The molecule has 1 aliphatic carbocycles. The van der Waals surface area contributed by atoms with Gasteiger partial charge in [-0.15, -0.1) is 0 Å². The summed E-state index contributed by atoms with van der Waals surface area (Å²) in [5, 5.41) is 2.52. The van der Waals surface area contributed by atoms with Gasteiger partial charge in [-0.3, -0.25) is 0 Å². The molecule has 0 saturated carbocycles. The van der Waals surface area contributed by atoms with E-state index in [1.807, 2.05) is 84.9 Å². The van der Waals surface area contributed by atoms with Crippen LogP contribution in [0, 0.1) is 0 Å². The first-order valence-corrected chi connectivity index (χ1v) is 19.7. The molecule has 4 heteroatoms. The molecule has 3 nitrogen and oxygen atoms in total. The summed E-state index contributed by atoms with van der Waals surface area (Å²) in [6.45, 7) is 9.40. The van der Waals surface area contributed by atoms with Crippen molar-refractivity contribution in [2.24, 2.45) is 0 Å². The number of anilines is 3. The van der Waals surface area contributed by atoms with Gasteiger partial charge in [-0.05, 0) is 75.8 Å². The maximum atomic E-state index is 15.0. The molecule has 0 atom stereocenters. The molecular weight excluding hydrogens is 654 g/mol. The van der Waals surface area contributed by atoms with E-state index in [-0.39, 0.29) is 10.8 Å². The zero-order valence-corrected chi connectivity index (χ0v) is 30.8. The monoisotopic (exact) mass is 693 g/mol.